The molecule has 0 aliphatic carbocycles. The number of pyridine rings is 1. The van der Waals surface area contributed by atoms with E-state index in [-0.39, 0.29) is 17.4 Å². The molecule has 0 amide bonds. The van der Waals surface area contributed by atoms with Crippen LogP contribution in [0.2, 0.25) is 0 Å². The first-order valence-corrected chi connectivity index (χ1v) is 8.37. The lowest BCUT2D eigenvalue weighted by Crippen LogP contribution is -2.42. The van der Waals surface area contributed by atoms with Crippen molar-refractivity contribution in [1.29, 1.82) is 0 Å². The fraction of sp³-hybridized carbons (Fsp3) is 0.500. The van der Waals surface area contributed by atoms with Crippen molar-refractivity contribution in [2.75, 3.05) is 20.2 Å². The van der Waals surface area contributed by atoms with Crippen LogP contribution in [0, 0.1) is 5.92 Å². The van der Waals surface area contributed by atoms with Gasteiger partial charge in [-0.1, -0.05) is 0 Å². The average molecular weight is 363 g/mol. The predicted molar refractivity (Wildman–Crippen MR) is 75.4 cm³/mol. The highest BCUT2D eigenvalue weighted by Gasteiger charge is 2.33. The third-order valence-electron chi connectivity index (χ3n) is 3.24. The van der Waals surface area contributed by atoms with Gasteiger partial charge < -0.3 is 4.74 Å². The molecule has 0 spiro atoms. The number of piperidine rings is 1. The molecule has 0 radical (unpaired) electrons. The molecule has 1 aliphatic rings. The average Bonchev–Trinajstić information content (AvgIpc) is 2.46. The Hall–Kier alpha value is -0.990. The van der Waals surface area contributed by atoms with Crippen LogP contribution in [0.3, 0.4) is 0 Å². The van der Waals surface area contributed by atoms with E-state index in [9.17, 15) is 13.2 Å². The molecule has 0 saturated carbocycles. The van der Waals surface area contributed by atoms with Gasteiger partial charge in [0.2, 0.25) is 10.0 Å². The maximum absolute atomic E-state index is 12.5. The maximum atomic E-state index is 12.5. The molecule has 2 rings (SSSR count). The number of rotatable bonds is 3. The number of ether oxygens (including phenoxy) is 1. The van der Waals surface area contributed by atoms with Gasteiger partial charge in [0.25, 0.3) is 0 Å². The molecule has 1 aromatic rings. The van der Waals surface area contributed by atoms with Crippen molar-refractivity contribution in [1.82, 2.24) is 9.29 Å². The predicted octanol–water partition coefficient (Wildman–Crippen LogP) is 1.42. The first-order valence-electron chi connectivity index (χ1n) is 6.13. The normalized spacial score (nSPS) is 20.6. The fourth-order valence-electron chi connectivity index (χ4n) is 2.20. The van der Waals surface area contributed by atoms with Crippen molar-refractivity contribution in [3.05, 3.63) is 22.9 Å². The number of halogens is 1. The second kappa shape index (κ2) is 6.19. The largest absolute Gasteiger partial charge is 0.469 e. The van der Waals surface area contributed by atoms with Gasteiger partial charge in [-0.15, -0.1) is 0 Å². The number of esters is 1. The van der Waals surface area contributed by atoms with E-state index in [1.165, 1.54) is 29.9 Å². The Bertz CT molecular complexity index is 605. The number of hydrogen-bond acceptors (Lipinski definition) is 5. The summed E-state index contributed by atoms with van der Waals surface area (Å²) in [5.41, 5.74) is 0. The summed E-state index contributed by atoms with van der Waals surface area (Å²) >= 11 is 3.21. The summed E-state index contributed by atoms with van der Waals surface area (Å²) in [4.78, 5) is 15.6. The summed E-state index contributed by atoms with van der Waals surface area (Å²) in [6, 6.07) is 1.50. The van der Waals surface area contributed by atoms with Crippen molar-refractivity contribution < 1.29 is 17.9 Å². The van der Waals surface area contributed by atoms with E-state index < -0.39 is 15.9 Å². The van der Waals surface area contributed by atoms with E-state index in [2.05, 4.69) is 20.9 Å². The third kappa shape index (κ3) is 3.18. The molecule has 2 heterocycles. The van der Waals surface area contributed by atoms with Crippen LogP contribution < -0.4 is 0 Å². The van der Waals surface area contributed by atoms with Crippen molar-refractivity contribution in [2.24, 2.45) is 5.92 Å². The van der Waals surface area contributed by atoms with Crippen LogP contribution in [-0.2, 0) is 19.6 Å². The Morgan fingerprint density at radius 2 is 2.25 bits per heavy atom. The van der Waals surface area contributed by atoms with Crippen LogP contribution in [0.25, 0.3) is 0 Å². The molecule has 1 saturated heterocycles. The Morgan fingerprint density at radius 3 is 2.90 bits per heavy atom. The Balaban J connectivity index is 2.23. The second-order valence-electron chi connectivity index (χ2n) is 4.56. The number of methoxy groups -OCH3 is 1. The molecular weight excluding hydrogens is 348 g/mol. The number of aromatic nitrogens is 1. The van der Waals surface area contributed by atoms with E-state index in [0.717, 1.165) is 0 Å². The van der Waals surface area contributed by atoms with Gasteiger partial charge >= 0.3 is 5.97 Å². The van der Waals surface area contributed by atoms with Crippen molar-refractivity contribution >= 4 is 31.9 Å². The van der Waals surface area contributed by atoms with Gasteiger partial charge in [-0.2, -0.15) is 4.31 Å². The van der Waals surface area contributed by atoms with Gasteiger partial charge in [-0.25, -0.2) is 8.42 Å². The molecule has 1 fully saturated rings. The highest BCUT2D eigenvalue weighted by atomic mass is 79.9. The quantitative estimate of drug-likeness (QED) is 0.760. The minimum Gasteiger partial charge on any atom is -0.469 e. The van der Waals surface area contributed by atoms with Gasteiger partial charge in [0.05, 0.1) is 13.0 Å². The molecule has 20 heavy (non-hydrogen) atoms. The minimum atomic E-state index is -3.63. The van der Waals surface area contributed by atoms with Crippen molar-refractivity contribution in [2.45, 2.75) is 17.7 Å². The highest BCUT2D eigenvalue weighted by Crippen LogP contribution is 2.25. The molecule has 1 aromatic heterocycles. The molecule has 0 aromatic carbocycles. The molecule has 1 atom stereocenters. The molecule has 0 unspecified atom stereocenters. The SMILES string of the molecule is COC(=O)[C@H]1CCCN(S(=O)(=O)c2cncc(Br)c2)C1. The number of nitrogens with zero attached hydrogens (tertiary/aromatic N) is 2. The summed E-state index contributed by atoms with van der Waals surface area (Å²) < 4.78 is 31.6. The molecule has 8 heteroatoms. The molecule has 0 N–H and O–H groups in total. The van der Waals surface area contributed by atoms with Crippen molar-refractivity contribution in [3.8, 4) is 0 Å². The van der Waals surface area contributed by atoms with Crippen LogP contribution in [-0.4, -0.2) is 43.9 Å². The van der Waals surface area contributed by atoms with E-state index >= 15 is 0 Å². The fourth-order valence-corrected chi connectivity index (χ4v) is 4.23. The summed E-state index contributed by atoms with van der Waals surface area (Å²) in [6.45, 7) is 0.559. The van der Waals surface area contributed by atoms with Gasteiger partial charge in [-0.05, 0) is 34.8 Å². The van der Waals surface area contributed by atoms with Crippen molar-refractivity contribution in [3.63, 3.8) is 0 Å². The lowest BCUT2D eigenvalue weighted by atomic mass is 10.0. The summed E-state index contributed by atoms with van der Waals surface area (Å²) in [6.07, 6.45) is 4.12. The van der Waals surface area contributed by atoms with Gasteiger partial charge in [0, 0.05) is 30.0 Å². The monoisotopic (exact) mass is 362 g/mol. The van der Waals surface area contributed by atoms with Crippen LogP contribution in [0.1, 0.15) is 12.8 Å². The Kier molecular flexibility index (Phi) is 4.77. The Labute approximate surface area is 126 Å². The molecule has 110 valence electrons. The zero-order valence-corrected chi connectivity index (χ0v) is 13.4. The molecule has 6 nitrogen and oxygen atoms in total. The number of carbonyl (C=O) groups excluding carboxylic acids is 1. The zero-order chi connectivity index (χ0) is 14.8. The van der Waals surface area contributed by atoms with Crippen LogP contribution >= 0.6 is 15.9 Å². The third-order valence-corrected chi connectivity index (χ3v) is 5.50. The Morgan fingerprint density at radius 1 is 1.50 bits per heavy atom. The molecule has 1 aliphatic heterocycles. The second-order valence-corrected chi connectivity index (χ2v) is 7.42. The maximum Gasteiger partial charge on any atom is 0.309 e. The van der Waals surface area contributed by atoms with E-state index in [1.54, 1.807) is 0 Å². The minimum absolute atomic E-state index is 0.123. The first-order chi connectivity index (χ1) is 9.45. The lowest BCUT2D eigenvalue weighted by Gasteiger charge is -2.30. The van der Waals surface area contributed by atoms with Crippen LogP contribution in [0.4, 0.5) is 0 Å². The smallest absolute Gasteiger partial charge is 0.309 e. The van der Waals surface area contributed by atoms with Gasteiger partial charge in [0.15, 0.2) is 0 Å². The number of carbonyl (C=O) groups is 1. The summed E-state index contributed by atoms with van der Waals surface area (Å²) in [7, 11) is -2.31. The van der Waals surface area contributed by atoms with E-state index in [4.69, 9.17) is 4.74 Å². The van der Waals surface area contributed by atoms with Crippen LogP contribution in [0.15, 0.2) is 27.8 Å². The number of sulfonamides is 1. The van der Waals surface area contributed by atoms with Crippen LogP contribution in [0.5, 0.6) is 0 Å². The van der Waals surface area contributed by atoms with E-state index in [0.29, 0.717) is 23.9 Å². The van der Waals surface area contributed by atoms with Gasteiger partial charge in [-0.3, -0.25) is 9.78 Å². The zero-order valence-electron chi connectivity index (χ0n) is 11.0. The molecule has 0 bridgehead atoms. The standard InChI is InChI=1S/C12H15BrN2O4S/c1-19-12(16)9-3-2-4-15(8-9)20(17,18)11-5-10(13)6-14-7-11/h5-7,9H,2-4,8H2,1H3/t9-/m0/s1. The topological polar surface area (TPSA) is 76.6 Å². The molecular formula is C12H15BrN2O4S. The summed E-state index contributed by atoms with van der Waals surface area (Å²) in [5, 5.41) is 0. The van der Waals surface area contributed by atoms with Gasteiger partial charge in [0.1, 0.15) is 4.90 Å². The first kappa shape index (κ1) is 15.4. The van der Waals surface area contributed by atoms with E-state index in [1.807, 2.05) is 0 Å². The highest BCUT2D eigenvalue weighted by molar-refractivity contribution is 9.10. The number of hydrogen-bond donors (Lipinski definition) is 0. The lowest BCUT2D eigenvalue weighted by molar-refractivity contribution is -0.146. The summed E-state index contributed by atoms with van der Waals surface area (Å²) in [5.74, 6) is -0.763.